The molecule has 1 aromatic heterocycles. The fourth-order valence-corrected chi connectivity index (χ4v) is 1.26. The fraction of sp³-hybridized carbons (Fsp3) is 0.375. The van der Waals surface area contributed by atoms with Crippen LogP contribution in [0.2, 0.25) is 0 Å². The van der Waals surface area contributed by atoms with Gasteiger partial charge < -0.3 is 10.0 Å². The third-order valence-corrected chi connectivity index (χ3v) is 2.02. The summed E-state index contributed by atoms with van der Waals surface area (Å²) >= 11 is 3.28. The quantitative estimate of drug-likeness (QED) is 0.796. The first-order chi connectivity index (χ1) is 5.74. The molecule has 0 saturated carbocycles. The predicted octanol–water partition coefficient (Wildman–Crippen LogP) is 1.27. The van der Waals surface area contributed by atoms with Gasteiger partial charge in [-0.05, 0) is 28.1 Å². The highest BCUT2D eigenvalue weighted by Gasteiger charge is 1.99. The minimum absolute atomic E-state index is 0.163. The van der Waals surface area contributed by atoms with E-state index in [9.17, 15) is 0 Å². The number of aromatic nitrogens is 1. The molecule has 0 fully saturated rings. The Bertz CT molecular complexity index is 255. The van der Waals surface area contributed by atoms with Crippen LogP contribution < -0.4 is 4.90 Å². The van der Waals surface area contributed by atoms with Crippen molar-refractivity contribution in [3.8, 4) is 0 Å². The van der Waals surface area contributed by atoms with Crippen molar-refractivity contribution in [2.75, 3.05) is 25.1 Å². The minimum atomic E-state index is 0.163. The van der Waals surface area contributed by atoms with Crippen molar-refractivity contribution in [2.45, 2.75) is 0 Å². The summed E-state index contributed by atoms with van der Waals surface area (Å²) in [7, 11) is 1.93. The monoisotopic (exact) mass is 230 g/mol. The van der Waals surface area contributed by atoms with Crippen LogP contribution >= 0.6 is 15.9 Å². The minimum Gasteiger partial charge on any atom is -0.395 e. The van der Waals surface area contributed by atoms with Crippen molar-refractivity contribution in [3.63, 3.8) is 0 Å². The van der Waals surface area contributed by atoms with E-state index in [4.69, 9.17) is 5.11 Å². The first-order valence-electron chi connectivity index (χ1n) is 3.67. The fourth-order valence-electron chi connectivity index (χ4n) is 0.909. The molecule has 1 rings (SSSR count). The van der Waals surface area contributed by atoms with Gasteiger partial charge in [-0.1, -0.05) is 0 Å². The molecule has 12 heavy (non-hydrogen) atoms. The SMILES string of the molecule is CN(CCO)c1ccnc(Br)c1. The molecule has 4 heteroatoms. The van der Waals surface area contributed by atoms with E-state index in [1.165, 1.54) is 0 Å². The first-order valence-corrected chi connectivity index (χ1v) is 4.47. The summed E-state index contributed by atoms with van der Waals surface area (Å²) in [6.07, 6.45) is 1.73. The average molecular weight is 231 g/mol. The third kappa shape index (κ3) is 2.46. The van der Waals surface area contributed by atoms with Gasteiger partial charge in [0.05, 0.1) is 6.61 Å². The maximum absolute atomic E-state index is 8.70. The second-order valence-corrected chi connectivity index (χ2v) is 3.29. The molecular formula is C8H11BrN2O. The van der Waals surface area contributed by atoms with E-state index >= 15 is 0 Å². The van der Waals surface area contributed by atoms with Crippen molar-refractivity contribution >= 4 is 21.6 Å². The molecule has 66 valence electrons. The van der Waals surface area contributed by atoms with Gasteiger partial charge in [0.1, 0.15) is 4.60 Å². The summed E-state index contributed by atoms with van der Waals surface area (Å²) in [5.41, 5.74) is 1.05. The highest BCUT2D eigenvalue weighted by Crippen LogP contribution is 2.15. The molecule has 1 N–H and O–H groups in total. The average Bonchev–Trinajstić information content (AvgIpc) is 2.05. The number of halogens is 1. The van der Waals surface area contributed by atoms with Crippen LogP contribution in [0.15, 0.2) is 22.9 Å². The van der Waals surface area contributed by atoms with Crippen molar-refractivity contribution < 1.29 is 5.11 Å². The van der Waals surface area contributed by atoms with Gasteiger partial charge in [-0.3, -0.25) is 0 Å². The van der Waals surface area contributed by atoms with Gasteiger partial charge in [0.25, 0.3) is 0 Å². The van der Waals surface area contributed by atoms with Crippen LogP contribution in [0.3, 0.4) is 0 Å². The van der Waals surface area contributed by atoms with Gasteiger partial charge in [0, 0.05) is 25.5 Å². The number of aliphatic hydroxyl groups excluding tert-OH is 1. The molecule has 0 aliphatic carbocycles. The van der Waals surface area contributed by atoms with Crippen molar-refractivity contribution in [2.24, 2.45) is 0 Å². The number of anilines is 1. The summed E-state index contributed by atoms with van der Waals surface area (Å²) in [6, 6.07) is 3.82. The topological polar surface area (TPSA) is 36.4 Å². The van der Waals surface area contributed by atoms with Crippen LogP contribution in [-0.2, 0) is 0 Å². The Balaban J connectivity index is 2.73. The lowest BCUT2D eigenvalue weighted by Gasteiger charge is -2.17. The number of hydrogen-bond acceptors (Lipinski definition) is 3. The van der Waals surface area contributed by atoms with E-state index in [1.54, 1.807) is 6.20 Å². The lowest BCUT2D eigenvalue weighted by atomic mass is 10.4. The summed E-state index contributed by atoms with van der Waals surface area (Å²) in [5, 5.41) is 8.70. The third-order valence-electron chi connectivity index (χ3n) is 1.59. The highest BCUT2D eigenvalue weighted by molar-refractivity contribution is 9.10. The van der Waals surface area contributed by atoms with E-state index in [1.807, 2.05) is 24.1 Å². The van der Waals surface area contributed by atoms with Crippen LogP contribution in [0.4, 0.5) is 5.69 Å². The van der Waals surface area contributed by atoms with E-state index in [-0.39, 0.29) is 6.61 Å². The normalized spacial score (nSPS) is 9.92. The number of pyridine rings is 1. The van der Waals surface area contributed by atoms with Crippen LogP contribution in [0.1, 0.15) is 0 Å². The summed E-state index contributed by atoms with van der Waals surface area (Å²) in [6.45, 7) is 0.799. The molecule has 0 spiro atoms. The van der Waals surface area contributed by atoms with Gasteiger partial charge in [-0.25, -0.2) is 4.98 Å². The first kappa shape index (κ1) is 9.48. The Hall–Kier alpha value is -0.610. The van der Waals surface area contributed by atoms with Gasteiger partial charge in [0.15, 0.2) is 0 Å². The van der Waals surface area contributed by atoms with Gasteiger partial charge >= 0.3 is 0 Å². The van der Waals surface area contributed by atoms with Crippen LogP contribution in [-0.4, -0.2) is 30.3 Å². The summed E-state index contributed by atoms with van der Waals surface area (Å²) in [5.74, 6) is 0. The smallest absolute Gasteiger partial charge is 0.108 e. The lowest BCUT2D eigenvalue weighted by Crippen LogP contribution is -2.20. The van der Waals surface area contributed by atoms with Crippen LogP contribution in [0.25, 0.3) is 0 Å². The molecular weight excluding hydrogens is 220 g/mol. The Labute approximate surface area is 80.2 Å². The largest absolute Gasteiger partial charge is 0.395 e. The number of hydrogen-bond donors (Lipinski definition) is 1. The zero-order valence-corrected chi connectivity index (χ0v) is 8.45. The molecule has 0 aromatic carbocycles. The summed E-state index contributed by atoms with van der Waals surface area (Å²) < 4.78 is 0.810. The Morgan fingerprint density at radius 3 is 3.00 bits per heavy atom. The maximum Gasteiger partial charge on any atom is 0.108 e. The van der Waals surface area contributed by atoms with Crippen molar-refractivity contribution in [1.82, 2.24) is 4.98 Å². The molecule has 3 nitrogen and oxygen atoms in total. The van der Waals surface area contributed by atoms with E-state index in [0.717, 1.165) is 10.3 Å². The number of likely N-dealkylation sites (N-methyl/N-ethyl adjacent to an activating group) is 1. The van der Waals surface area contributed by atoms with Crippen molar-refractivity contribution in [1.29, 1.82) is 0 Å². The Morgan fingerprint density at radius 1 is 1.67 bits per heavy atom. The molecule has 0 aliphatic rings. The van der Waals surface area contributed by atoms with Gasteiger partial charge in [-0.15, -0.1) is 0 Å². The molecule has 0 amide bonds. The predicted molar refractivity (Wildman–Crippen MR) is 52.3 cm³/mol. The molecule has 1 heterocycles. The van der Waals surface area contributed by atoms with E-state index < -0.39 is 0 Å². The summed E-state index contributed by atoms with van der Waals surface area (Å²) in [4.78, 5) is 5.97. The van der Waals surface area contributed by atoms with E-state index in [2.05, 4.69) is 20.9 Å². The van der Waals surface area contributed by atoms with Crippen LogP contribution in [0.5, 0.6) is 0 Å². The molecule has 1 aromatic rings. The molecule has 0 unspecified atom stereocenters. The van der Waals surface area contributed by atoms with Gasteiger partial charge in [-0.2, -0.15) is 0 Å². The van der Waals surface area contributed by atoms with E-state index in [0.29, 0.717) is 6.54 Å². The zero-order valence-electron chi connectivity index (χ0n) is 6.87. The van der Waals surface area contributed by atoms with Crippen molar-refractivity contribution in [3.05, 3.63) is 22.9 Å². The second kappa shape index (κ2) is 4.42. The molecule has 0 atom stereocenters. The number of nitrogens with zero attached hydrogens (tertiary/aromatic N) is 2. The van der Waals surface area contributed by atoms with Crippen LogP contribution in [0, 0.1) is 0 Å². The standard InChI is InChI=1S/C8H11BrN2O/c1-11(4-5-12)7-2-3-10-8(9)6-7/h2-3,6,12H,4-5H2,1H3. The number of aliphatic hydroxyl groups is 1. The lowest BCUT2D eigenvalue weighted by molar-refractivity contribution is 0.304. The Kier molecular flexibility index (Phi) is 3.49. The maximum atomic E-state index is 8.70. The Morgan fingerprint density at radius 2 is 2.42 bits per heavy atom. The molecule has 0 radical (unpaired) electrons. The number of rotatable bonds is 3. The zero-order chi connectivity index (χ0) is 8.97. The molecule has 0 aliphatic heterocycles. The highest BCUT2D eigenvalue weighted by atomic mass is 79.9. The van der Waals surface area contributed by atoms with Gasteiger partial charge in [0.2, 0.25) is 0 Å². The molecule has 0 saturated heterocycles. The molecule has 0 bridgehead atoms. The second-order valence-electron chi connectivity index (χ2n) is 2.48.